The molecule has 0 radical (unpaired) electrons. The van der Waals surface area contributed by atoms with Crippen molar-refractivity contribution in [1.29, 1.82) is 0 Å². The Morgan fingerprint density at radius 2 is 2.10 bits per heavy atom. The van der Waals surface area contributed by atoms with Gasteiger partial charge in [0, 0.05) is 26.2 Å². The van der Waals surface area contributed by atoms with Gasteiger partial charge < -0.3 is 20.9 Å². The summed E-state index contributed by atoms with van der Waals surface area (Å²) in [7, 11) is 4.28. The second-order valence-corrected chi connectivity index (χ2v) is 6.02. The highest BCUT2D eigenvalue weighted by atomic mass is 15.2. The van der Waals surface area contributed by atoms with E-state index in [1.54, 1.807) is 0 Å². The molecule has 0 aliphatic carbocycles. The van der Waals surface area contributed by atoms with Crippen molar-refractivity contribution in [1.82, 2.24) is 14.9 Å². The van der Waals surface area contributed by atoms with E-state index in [1.165, 1.54) is 25.9 Å². The van der Waals surface area contributed by atoms with Gasteiger partial charge in [-0.2, -0.15) is 9.97 Å². The van der Waals surface area contributed by atoms with E-state index in [1.807, 2.05) is 6.07 Å². The molecule has 0 unspecified atom stereocenters. The molecule has 0 saturated carbocycles. The van der Waals surface area contributed by atoms with Crippen LogP contribution in [0, 0.1) is 5.92 Å². The van der Waals surface area contributed by atoms with E-state index < -0.39 is 0 Å². The molecule has 0 amide bonds. The zero-order valence-corrected chi connectivity index (χ0v) is 13.5. The standard InChI is InChI=1S/C15H28N6/c1-4-7-17-13-10-14(19-15(16)18-13)21(3)11-12-5-8-20(2)9-6-12/h10,12H,4-9,11H2,1-3H3,(H3,16,17,18,19). The minimum absolute atomic E-state index is 0.335. The number of piperidine rings is 1. The number of rotatable bonds is 6. The summed E-state index contributed by atoms with van der Waals surface area (Å²) in [6.45, 7) is 6.43. The minimum atomic E-state index is 0.335. The van der Waals surface area contributed by atoms with Crippen LogP contribution >= 0.6 is 0 Å². The molecule has 0 atom stereocenters. The third kappa shape index (κ3) is 4.74. The van der Waals surface area contributed by atoms with Crippen molar-refractivity contribution in [3.63, 3.8) is 0 Å². The van der Waals surface area contributed by atoms with Crippen molar-refractivity contribution in [2.75, 3.05) is 56.2 Å². The first-order valence-corrected chi connectivity index (χ1v) is 7.86. The summed E-state index contributed by atoms with van der Waals surface area (Å²) in [5.41, 5.74) is 5.82. The van der Waals surface area contributed by atoms with Gasteiger partial charge in [-0.15, -0.1) is 0 Å². The lowest BCUT2D eigenvalue weighted by Gasteiger charge is -2.32. The lowest BCUT2D eigenvalue weighted by Crippen LogP contribution is -2.36. The first-order chi connectivity index (χ1) is 10.1. The Balaban J connectivity index is 1.97. The molecule has 1 fully saturated rings. The predicted molar refractivity (Wildman–Crippen MR) is 88.7 cm³/mol. The number of anilines is 3. The Kier molecular flexibility index (Phi) is 5.61. The molecule has 0 bridgehead atoms. The zero-order valence-electron chi connectivity index (χ0n) is 13.5. The normalized spacial score (nSPS) is 16.9. The molecule has 3 N–H and O–H groups in total. The fourth-order valence-corrected chi connectivity index (χ4v) is 2.72. The Morgan fingerprint density at radius 3 is 2.76 bits per heavy atom. The third-order valence-electron chi connectivity index (χ3n) is 4.05. The molecule has 0 spiro atoms. The number of likely N-dealkylation sites (tertiary alicyclic amines) is 1. The summed E-state index contributed by atoms with van der Waals surface area (Å²) >= 11 is 0. The van der Waals surface area contributed by atoms with Crippen molar-refractivity contribution in [3.05, 3.63) is 6.07 Å². The molecule has 2 heterocycles. The molecule has 118 valence electrons. The van der Waals surface area contributed by atoms with Crippen molar-refractivity contribution < 1.29 is 0 Å². The summed E-state index contributed by atoms with van der Waals surface area (Å²) in [5, 5.41) is 3.28. The van der Waals surface area contributed by atoms with Crippen LogP contribution in [0.4, 0.5) is 17.6 Å². The summed E-state index contributed by atoms with van der Waals surface area (Å²) in [6.07, 6.45) is 3.56. The van der Waals surface area contributed by atoms with Gasteiger partial charge in [-0.3, -0.25) is 0 Å². The molecule has 1 aromatic heterocycles. The number of hydrogen-bond donors (Lipinski definition) is 2. The van der Waals surface area contributed by atoms with Crippen LogP contribution in [-0.2, 0) is 0 Å². The summed E-state index contributed by atoms with van der Waals surface area (Å²) in [6, 6.07) is 1.99. The van der Waals surface area contributed by atoms with Crippen molar-refractivity contribution in [2.24, 2.45) is 5.92 Å². The van der Waals surface area contributed by atoms with Gasteiger partial charge in [0.1, 0.15) is 11.6 Å². The van der Waals surface area contributed by atoms with Crippen LogP contribution in [0.25, 0.3) is 0 Å². The Bertz CT molecular complexity index is 442. The van der Waals surface area contributed by atoms with E-state index >= 15 is 0 Å². The number of aromatic nitrogens is 2. The first kappa shape index (κ1) is 15.8. The molecule has 21 heavy (non-hydrogen) atoms. The number of nitrogens with two attached hydrogens (primary N) is 1. The monoisotopic (exact) mass is 292 g/mol. The molecule has 6 heteroatoms. The van der Waals surface area contributed by atoms with E-state index in [0.717, 1.165) is 37.1 Å². The van der Waals surface area contributed by atoms with Gasteiger partial charge in [0.05, 0.1) is 0 Å². The highest BCUT2D eigenvalue weighted by molar-refractivity contribution is 5.52. The molecule has 2 rings (SSSR count). The maximum atomic E-state index is 5.82. The van der Waals surface area contributed by atoms with Crippen molar-refractivity contribution in [3.8, 4) is 0 Å². The molecule has 1 aliphatic heterocycles. The number of nitrogens with zero attached hydrogens (tertiary/aromatic N) is 4. The molecule has 1 saturated heterocycles. The Labute approximate surface area is 127 Å². The average molecular weight is 292 g/mol. The van der Waals surface area contributed by atoms with E-state index in [4.69, 9.17) is 5.73 Å². The van der Waals surface area contributed by atoms with E-state index in [2.05, 4.69) is 46.1 Å². The quantitative estimate of drug-likeness (QED) is 0.831. The van der Waals surface area contributed by atoms with Crippen LogP contribution in [0.15, 0.2) is 6.07 Å². The molecule has 6 nitrogen and oxygen atoms in total. The maximum Gasteiger partial charge on any atom is 0.223 e. The third-order valence-corrected chi connectivity index (χ3v) is 4.05. The fraction of sp³-hybridized carbons (Fsp3) is 0.733. The Morgan fingerprint density at radius 1 is 1.38 bits per heavy atom. The van der Waals surface area contributed by atoms with E-state index in [9.17, 15) is 0 Å². The van der Waals surface area contributed by atoms with Gasteiger partial charge in [0.2, 0.25) is 5.95 Å². The summed E-state index contributed by atoms with van der Waals surface area (Å²) in [5.74, 6) is 2.78. The van der Waals surface area contributed by atoms with E-state index in [-0.39, 0.29) is 0 Å². The smallest absolute Gasteiger partial charge is 0.223 e. The topological polar surface area (TPSA) is 70.3 Å². The van der Waals surface area contributed by atoms with Gasteiger partial charge in [0.15, 0.2) is 0 Å². The van der Waals surface area contributed by atoms with Crippen LogP contribution in [0.5, 0.6) is 0 Å². The number of hydrogen-bond acceptors (Lipinski definition) is 6. The van der Waals surface area contributed by atoms with Crippen LogP contribution in [0.3, 0.4) is 0 Å². The maximum absolute atomic E-state index is 5.82. The van der Waals surface area contributed by atoms with Crippen molar-refractivity contribution >= 4 is 17.6 Å². The zero-order chi connectivity index (χ0) is 15.2. The molecule has 1 aromatic rings. The van der Waals surface area contributed by atoms with Crippen LogP contribution in [0.2, 0.25) is 0 Å². The molecule has 0 aromatic carbocycles. The predicted octanol–water partition coefficient (Wildman–Crippen LogP) is 1.66. The van der Waals surface area contributed by atoms with Gasteiger partial charge >= 0.3 is 0 Å². The summed E-state index contributed by atoms with van der Waals surface area (Å²) in [4.78, 5) is 13.2. The SMILES string of the molecule is CCCNc1cc(N(C)CC2CCN(C)CC2)nc(N)n1. The van der Waals surface area contributed by atoms with Gasteiger partial charge in [0.25, 0.3) is 0 Å². The minimum Gasteiger partial charge on any atom is -0.370 e. The second kappa shape index (κ2) is 7.45. The fourth-order valence-electron chi connectivity index (χ4n) is 2.72. The Hall–Kier alpha value is -1.56. The first-order valence-electron chi connectivity index (χ1n) is 7.86. The van der Waals surface area contributed by atoms with E-state index in [0.29, 0.717) is 5.95 Å². The van der Waals surface area contributed by atoms with Crippen LogP contribution < -0.4 is 16.0 Å². The lowest BCUT2D eigenvalue weighted by molar-refractivity contribution is 0.222. The highest BCUT2D eigenvalue weighted by Crippen LogP contribution is 2.21. The average Bonchev–Trinajstić information content (AvgIpc) is 2.47. The largest absolute Gasteiger partial charge is 0.370 e. The van der Waals surface area contributed by atoms with Gasteiger partial charge in [-0.1, -0.05) is 6.92 Å². The second-order valence-electron chi connectivity index (χ2n) is 6.02. The van der Waals surface area contributed by atoms with Crippen molar-refractivity contribution in [2.45, 2.75) is 26.2 Å². The lowest BCUT2D eigenvalue weighted by atomic mass is 9.97. The molecular formula is C15H28N6. The highest BCUT2D eigenvalue weighted by Gasteiger charge is 2.19. The molecular weight excluding hydrogens is 264 g/mol. The number of nitrogens with one attached hydrogen (secondary N) is 1. The van der Waals surface area contributed by atoms with Crippen LogP contribution in [0.1, 0.15) is 26.2 Å². The van der Waals surface area contributed by atoms with Crippen LogP contribution in [-0.4, -0.2) is 55.1 Å². The summed E-state index contributed by atoms with van der Waals surface area (Å²) < 4.78 is 0. The van der Waals surface area contributed by atoms with Gasteiger partial charge in [-0.05, 0) is 45.3 Å². The number of nitrogen functional groups attached to an aromatic ring is 1. The van der Waals surface area contributed by atoms with Gasteiger partial charge in [-0.25, -0.2) is 0 Å². The molecule has 1 aliphatic rings.